The van der Waals surface area contributed by atoms with Crippen molar-refractivity contribution in [1.29, 1.82) is 0 Å². The van der Waals surface area contributed by atoms with Crippen LogP contribution in [-0.2, 0) is 22.7 Å². The van der Waals surface area contributed by atoms with Crippen LogP contribution in [-0.4, -0.2) is 51.5 Å². The number of hydrogen-bond acceptors (Lipinski definition) is 8. The predicted octanol–water partition coefficient (Wildman–Crippen LogP) is 2.39. The van der Waals surface area contributed by atoms with Gasteiger partial charge in [0.15, 0.2) is 5.65 Å². The summed E-state index contributed by atoms with van der Waals surface area (Å²) in [4.78, 5) is 29.8. The Kier molecular flexibility index (Phi) is 7.25. The summed E-state index contributed by atoms with van der Waals surface area (Å²) in [6.45, 7) is 4.59. The van der Waals surface area contributed by atoms with Crippen molar-refractivity contribution < 1.29 is 9.59 Å². The smallest absolute Gasteiger partial charge is 0.201 e. The normalized spacial score (nSPS) is 10.7. The average molecular weight is 408 g/mol. The molecular formula is C20H24N8O2. The van der Waals surface area contributed by atoms with E-state index in [0.717, 1.165) is 29.5 Å². The van der Waals surface area contributed by atoms with Crippen molar-refractivity contribution in [2.45, 2.75) is 52.6 Å². The average Bonchev–Trinajstić information content (AvgIpc) is 3.33. The van der Waals surface area contributed by atoms with Crippen LogP contribution in [0.15, 0.2) is 36.7 Å². The van der Waals surface area contributed by atoms with E-state index in [1.165, 1.54) is 0 Å². The molecule has 4 heterocycles. The first-order chi connectivity index (χ1) is 14.5. The molecule has 10 heteroatoms. The highest BCUT2D eigenvalue weighted by molar-refractivity contribution is 5.75. The molecule has 0 radical (unpaired) electrons. The minimum atomic E-state index is 0.201. The molecule has 4 aromatic rings. The van der Waals surface area contributed by atoms with E-state index in [2.05, 4.69) is 30.6 Å². The van der Waals surface area contributed by atoms with Crippen LogP contribution < -0.4 is 0 Å². The van der Waals surface area contributed by atoms with Crippen LogP contribution in [0, 0.1) is 0 Å². The third-order valence-corrected chi connectivity index (χ3v) is 4.36. The lowest BCUT2D eigenvalue weighted by atomic mass is 10.2. The fraction of sp³-hybridized carbons (Fsp3) is 0.400. The number of aromatic nitrogens is 8. The SMILES string of the molecule is CC(=O)CCCn1nnc2cccnc21.CC(=O)CCCn1nnc2ncccc21. The first-order valence-electron chi connectivity index (χ1n) is 9.82. The molecular weight excluding hydrogens is 384 g/mol. The van der Waals surface area contributed by atoms with Crippen molar-refractivity contribution in [1.82, 2.24) is 40.0 Å². The molecule has 0 aliphatic rings. The van der Waals surface area contributed by atoms with Crippen molar-refractivity contribution in [3.05, 3.63) is 36.7 Å². The highest BCUT2D eigenvalue weighted by Gasteiger charge is 2.05. The van der Waals surface area contributed by atoms with Crippen LogP contribution in [0.5, 0.6) is 0 Å². The number of carbonyl (C=O) groups excluding carboxylic acids is 2. The topological polar surface area (TPSA) is 121 Å². The zero-order valence-corrected chi connectivity index (χ0v) is 17.1. The fourth-order valence-electron chi connectivity index (χ4n) is 2.89. The molecule has 4 rings (SSSR count). The van der Waals surface area contributed by atoms with E-state index >= 15 is 0 Å². The summed E-state index contributed by atoms with van der Waals surface area (Å²) in [6, 6.07) is 7.48. The van der Waals surface area contributed by atoms with Crippen molar-refractivity contribution in [3.8, 4) is 0 Å². The summed E-state index contributed by atoms with van der Waals surface area (Å²) in [7, 11) is 0. The number of nitrogens with zero attached hydrogens (tertiary/aromatic N) is 8. The van der Waals surface area contributed by atoms with Crippen LogP contribution >= 0.6 is 0 Å². The number of fused-ring (bicyclic) bond motifs is 2. The Morgan fingerprint density at radius 3 is 2.20 bits per heavy atom. The van der Waals surface area contributed by atoms with Gasteiger partial charge in [0.2, 0.25) is 5.65 Å². The van der Waals surface area contributed by atoms with Crippen molar-refractivity contribution >= 4 is 33.9 Å². The summed E-state index contributed by atoms with van der Waals surface area (Å²) in [5.41, 5.74) is 3.14. The number of hydrogen-bond donors (Lipinski definition) is 0. The third kappa shape index (κ3) is 5.72. The number of carbonyl (C=O) groups is 2. The van der Waals surface area contributed by atoms with Gasteiger partial charge in [-0.25, -0.2) is 19.3 Å². The zero-order valence-electron chi connectivity index (χ0n) is 17.1. The van der Waals surface area contributed by atoms with E-state index in [9.17, 15) is 9.59 Å². The van der Waals surface area contributed by atoms with Crippen LogP contribution in [0.1, 0.15) is 39.5 Å². The second-order valence-corrected chi connectivity index (χ2v) is 6.93. The van der Waals surface area contributed by atoms with Gasteiger partial charge < -0.3 is 9.59 Å². The number of Topliss-reactive ketones (excluding diaryl/α,β-unsaturated/α-hetero) is 2. The first kappa shape index (κ1) is 21.2. The van der Waals surface area contributed by atoms with E-state index in [0.29, 0.717) is 31.6 Å². The summed E-state index contributed by atoms with van der Waals surface area (Å²) >= 11 is 0. The van der Waals surface area contributed by atoms with Crippen molar-refractivity contribution in [3.63, 3.8) is 0 Å². The molecule has 0 aliphatic heterocycles. The summed E-state index contributed by atoms with van der Waals surface area (Å²) in [6.07, 6.45) is 6.15. The molecule has 4 aromatic heterocycles. The quantitative estimate of drug-likeness (QED) is 0.436. The molecule has 0 saturated carbocycles. The number of aryl methyl sites for hydroxylation is 2. The zero-order chi connectivity index (χ0) is 21.3. The summed E-state index contributed by atoms with van der Waals surface area (Å²) in [5.74, 6) is 0.407. The lowest BCUT2D eigenvalue weighted by Crippen LogP contribution is -2.03. The standard InChI is InChI=1S/2C10H12N4O/c1-8(15)4-3-7-14-9-5-2-6-11-10(9)12-13-14;1-8(15)4-3-7-14-10-9(12-13-14)5-2-6-11-10/h2*2,5-6H,3-4,7H2,1H3. The van der Waals surface area contributed by atoms with Gasteiger partial charge >= 0.3 is 0 Å². The maximum absolute atomic E-state index is 10.8. The Hall–Kier alpha value is -3.56. The highest BCUT2D eigenvalue weighted by Crippen LogP contribution is 2.08. The third-order valence-electron chi connectivity index (χ3n) is 4.36. The van der Waals surface area contributed by atoms with E-state index in [4.69, 9.17) is 0 Å². The second kappa shape index (κ2) is 10.3. The lowest BCUT2D eigenvalue weighted by molar-refractivity contribution is -0.118. The van der Waals surface area contributed by atoms with Gasteiger partial charge in [-0.3, -0.25) is 0 Å². The molecule has 0 aliphatic carbocycles. The highest BCUT2D eigenvalue weighted by atomic mass is 16.1. The Balaban J connectivity index is 0.000000171. The number of rotatable bonds is 8. The van der Waals surface area contributed by atoms with E-state index in [1.54, 1.807) is 35.6 Å². The lowest BCUT2D eigenvalue weighted by Gasteiger charge is -1.99. The minimum absolute atomic E-state index is 0.201. The molecule has 30 heavy (non-hydrogen) atoms. The largest absolute Gasteiger partial charge is 0.300 e. The maximum Gasteiger partial charge on any atom is 0.201 e. The first-order valence-corrected chi connectivity index (χ1v) is 9.82. The second-order valence-electron chi connectivity index (χ2n) is 6.93. The minimum Gasteiger partial charge on any atom is -0.300 e. The van der Waals surface area contributed by atoms with Gasteiger partial charge in [0.25, 0.3) is 0 Å². The fourth-order valence-corrected chi connectivity index (χ4v) is 2.89. The molecule has 0 N–H and O–H groups in total. The molecule has 0 saturated heterocycles. The van der Waals surface area contributed by atoms with Gasteiger partial charge in [0.05, 0.1) is 0 Å². The van der Waals surface area contributed by atoms with Crippen LogP contribution in [0.3, 0.4) is 0 Å². The summed E-state index contributed by atoms with van der Waals surface area (Å²) < 4.78 is 3.52. The molecule has 0 bridgehead atoms. The Morgan fingerprint density at radius 2 is 1.47 bits per heavy atom. The van der Waals surface area contributed by atoms with Crippen molar-refractivity contribution in [2.75, 3.05) is 0 Å². The predicted molar refractivity (Wildman–Crippen MR) is 110 cm³/mol. The van der Waals surface area contributed by atoms with Crippen LogP contribution in [0.25, 0.3) is 22.3 Å². The maximum atomic E-state index is 10.8. The number of pyridine rings is 2. The van der Waals surface area contributed by atoms with Gasteiger partial charge in [0.1, 0.15) is 22.6 Å². The molecule has 0 fully saturated rings. The van der Waals surface area contributed by atoms with Gasteiger partial charge in [-0.2, -0.15) is 0 Å². The Morgan fingerprint density at radius 1 is 0.833 bits per heavy atom. The molecule has 0 unspecified atom stereocenters. The van der Waals surface area contributed by atoms with Gasteiger partial charge in [-0.1, -0.05) is 10.4 Å². The van der Waals surface area contributed by atoms with E-state index in [-0.39, 0.29) is 11.6 Å². The Bertz CT molecular complexity index is 1040. The van der Waals surface area contributed by atoms with Crippen LogP contribution in [0.2, 0.25) is 0 Å². The van der Waals surface area contributed by atoms with Gasteiger partial charge in [-0.15, -0.1) is 10.2 Å². The molecule has 0 spiro atoms. The van der Waals surface area contributed by atoms with Gasteiger partial charge in [-0.05, 0) is 51.0 Å². The van der Waals surface area contributed by atoms with Gasteiger partial charge in [0, 0.05) is 38.3 Å². The molecule has 0 amide bonds. The van der Waals surface area contributed by atoms with E-state index < -0.39 is 0 Å². The molecule has 156 valence electrons. The molecule has 0 aromatic carbocycles. The van der Waals surface area contributed by atoms with Crippen molar-refractivity contribution in [2.24, 2.45) is 0 Å². The molecule has 0 atom stereocenters. The summed E-state index contributed by atoms with van der Waals surface area (Å²) in [5, 5.41) is 15.9. The number of ketones is 2. The molecule has 10 nitrogen and oxygen atoms in total. The van der Waals surface area contributed by atoms with E-state index in [1.807, 2.05) is 24.3 Å². The monoisotopic (exact) mass is 408 g/mol. The Labute approximate surface area is 173 Å². The van der Waals surface area contributed by atoms with Crippen LogP contribution in [0.4, 0.5) is 0 Å².